The molecule has 3 N–H and O–H groups in total. The summed E-state index contributed by atoms with van der Waals surface area (Å²) in [5.41, 5.74) is 15.7. The molecule has 1 atom stereocenters. The molecule has 0 aliphatic carbocycles. The van der Waals surface area contributed by atoms with E-state index in [9.17, 15) is 29.7 Å². The molecule has 8 bridgehead atoms. The summed E-state index contributed by atoms with van der Waals surface area (Å²) in [5.74, 6) is -1.96. The van der Waals surface area contributed by atoms with Gasteiger partial charge in [0, 0.05) is 18.4 Å². The zero-order chi connectivity index (χ0) is 46.7. The maximum absolute atomic E-state index is 12.8. The molecule has 0 fully saturated rings. The molecular formula is C54H66FeN4O6. The number of allylic oxidation sites excluding steroid dienone is 12. The number of hydrogen-bond donors (Lipinski definition) is 3. The van der Waals surface area contributed by atoms with Crippen LogP contribution in [0, 0.1) is 13.8 Å². The van der Waals surface area contributed by atoms with Crippen molar-refractivity contribution in [3.63, 3.8) is 0 Å². The number of carboxylic acid groups (broad SMARTS) is 2. The number of carbonyl (C=O) groups excluding carboxylic acids is 1. The first-order chi connectivity index (χ1) is 30.5. The molecule has 5 heterocycles. The van der Waals surface area contributed by atoms with E-state index in [1.54, 1.807) is 12.1 Å². The first kappa shape index (κ1) is 52.3. The predicted molar refractivity (Wildman–Crippen MR) is 259 cm³/mol. The number of aldehydes is 1. The van der Waals surface area contributed by atoms with E-state index < -0.39 is 18.0 Å². The van der Waals surface area contributed by atoms with Crippen molar-refractivity contribution in [3.05, 3.63) is 116 Å². The van der Waals surface area contributed by atoms with E-state index in [4.69, 9.17) is 19.9 Å². The van der Waals surface area contributed by atoms with Crippen LogP contribution in [0.15, 0.2) is 70.9 Å². The number of carboxylic acids is 2. The summed E-state index contributed by atoms with van der Waals surface area (Å²) in [6.45, 7) is 18.8. The van der Waals surface area contributed by atoms with Crippen molar-refractivity contribution in [1.82, 2.24) is 19.9 Å². The number of rotatable bonds is 21. The topological polar surface area (TPSA) is 166 Å². The molecule has 346 valence electrons. The van der Waals surface area contributed by atoms with Gasteiger partial charge in [-0.15, -0.1) is 22.1 Å². The quantitative estimate of drug-likeness (QED) is 0.0532. The van der Waals surface area contributed by atoms with Crippen LogP contribution in [0.1, 0.15) is 177 Å². The van der Waals surface area contributed by atoms with Gasteiger partial charge in [-0.3, -0.25) is 14.4 Å². The first-order valence-corrected chi connectivity index (χ1v) is 22.8. The summed E-state index contributed by atoms with van der Waals surface area (Å²) >= 11 is 0. The molecule has 0 unspecified atom stereocenters. The first-order valence-electron chi connectivity index (χ1n) is 22.8. The number of aryl methyl sites for hydroxylation is 3. The molecule has 0 radical (unpaired) electrons. The molecular weight excluding hydrogens is 856 g/mol. The second-order valence-electron chi connectivity index (χ2n) is 17.6. The third kappa shape index (κ3) is 13.8. The van der Waals surface area contributed by atoms with E-state index in [0.717, 1.165) is 77.7 Å². The number of aromatic nitrogens is 4. The molecule has 10 nitrogen and oxygen atoms in total. The fraction of sp³-hybridized carbons (Fsp3) is 0.426. The Bertz CT molecular complexity index is 2630. The fourth-order valence-electron chi connectivity index (χ4n) is 8.59. The molecule has 0 saturated heterocycles. The van der Waals surface area contributed by atoms with Crippen molar-refractivity contribution in [2.45, 2.75) is 152 Å². The van der Waals surface area contributed by atoms with Crippen LogP contribution in [0.4, 0.5) is 0 Å². The van der Waals surface area contributed by atoms with Gasteiger partial charge in [0.2, 0.25) is 0 Å². The average molecular weight is 923 g/mol. The summed E-state index contributed by atoms with van der Waals surface area (Å²) < 4.78 is 0. The van der Waals surface area contributed by atoms with Crippen molar-refractivity contribution in [2.75, 3.05) is 0 Å². The number of fused-ring (bicyclic) bond motifs is 8. The maximum Gasteiger partial charge on any atom is 2.00 e. The molecule has 0 saturated carbocycles. The minimum atomic E-state index is -1.02. The molecule has 0 amide bonds. The van der Waals surface area contributed by atoms with Gasteiger partial charge in [0.1, 0.15) is 0 Å². The molecule has 0 spiro atoms. The van der Waals surface area contributed by atoms with Crippen molar-refractivity contribution < 1.29 is 46.8 Å². The van der Waals surface area contributed by atoms with Crippen LogP contribution in [0.3, 0.4) is 0 Å². The van der Waals surface area contributed by atoms with Crippen molar-refractivity contribution in [1.29, 1.82) is 0 Å². The van der Waals surface area contributed by atoms with Gasteiger partial charge in [-0.1, -0.05) is 94.5 Å². The SMILES string of the molecule is CCC1=C(C)c2cc3[n-]c(cc4nc(cc5[n-]c(cc1n2)c(C)c5CCC(=O)O)C(CCC(=O)O)=C4C=O)c(C)c3[C@@H](O)CC/C=C(\C)CC/C=C(\C)CC/C=C(\C)CCC=C(C)C.[Fe+2]. The van der Waals surface area contributed by atoms with Gasteiger partial charge < -0.3 is 25.3 Å². The summed E-state index contributed by atoms with van der Waals surface area (Å²) in [7, 11) is 0. The van der Waals surface area contributed by atoms with E-state index in [2.05, 4.69) is 65.8 Å². The van der Waals surface area contributed by atoms with E-state index in [-0.39, 0.29) is 48.3 Å². The molecule has 3 aromatic rings. The summed E-state index contributed by atoms with van der Waals surface area (Å²) in [6.07, 6.45) is 17.1. The van der Waals surface area contributed by atoms with E-state index in [1.165, 1.54) is 22.3 Å². The Morgan fingerprint density at radius 3 is 1.71 bits per heavy atom. The zero-order valence-corrected chi connectivity index (χ0v) is 40.8. The molecule has 5 rings (SSSR count). The van der Waals surface area contributed by atoms with Crippen LogP contribution in [-0.2, 0) is 37.9 Å². The fourth-order valence-corrected chi connectivity index (χ4v) is 8.59. The minimum Gasteiger partial charge on any atom is -0.657 e. The molecule has 0 aromatic carbocycles. The Morgan fingerprint density at radius 1 is 0.631 bits per heavy atom. The average Bonchev–Trinajstić information content (AvgIpc) is 3.91. The van der Waals surface area contributed by atoms with Gasteiger partial charge in [0.25, 0.3) is 0 Å². The number of aliphatic carboxylic acids is 2. The Labute approximate surface area is 395 Å². The van der Waals surface area contributed by atoms with Crippen LogP contribution in [0.25, 0.3) is 44.4 Å². The third-order valence-corrected chi connectivity index (χ3v) is 12.4. The monoisotopic (exact) mass is 922 g/mol. The predicted octanol–water partition coefficient (Wildman–Crippen LogP) is 12.5. The number of hydrogen-bond acceptors (Lipinski definition) is 6. The van der Waals surface area contributed by atoms with Crippen LogP contribution in [-0.4, -0.2) is 43.5 Å². The smallest absolute Gasteiger partial charge is 0.657 e. The van der Waals surface area contributed by atoms with Gasteiger partial charge in [0.15, 0.2) is 6.29 Å². The summed E-state index contributed by atoms with van der Waals surface area (Å²) in [4.78, 5) is 56.4. The Balaban J connectivity index is 0.00000925. The van der Waals surface area contributed by atoms with Crippen LogP contribution < -0.4 is 9.97 Å². The molecule has 2 aliphatic heterocycles. The maximum atomic E-state index is 12.8. The largest absolute Gasteiger partial charge is 2.00 e. The van der Waals surface area contributed by atoms with Gasteiger partial charge in [-0.2, -0.15) is 0 Å². The van der Waals surface area contributed by atoms with Crippen molar-refractivity contribution in [3.8, 4) is 0 Å². The number of nitrogens with zero attached hydrogens (tertiary/aromatic N) is 4. The molecule has 3 aromatic heterocycles. The molecule has 2 aliphatic rings. The number of aliphatic hydroxyl groups excluding tert-OH is 1. The van der Waals surface area contributed by atoms with Gasteiger partial charge in [-0.25, -0.2) is 9.97 Å². The summed E-state index contributed by atoms with van der Waals surface area (Å²) in [5, 5.41) is 31.2. The molecule has 11 heteroatoms. The van der Waals surface area contributed by atoms with Gasteiger partial charge in [0.05, 0.1) is 28.9 Å². The van der Waals surface area contributed by atoms with Crippen LogP contribution in [0.2, 0.25) is 0 Å². The zero-order valence-electron chi connectivity index (χ0n) is 39.7. The number of carbonyl (C=O) groups is 3. The summed E-state index contributed by atoms with van der Waals surface area (Å²) in [6, 6.07) is 7.30. The van der Waals surface area contributed by atoms with Crippen molar-refractivity contribution in [2.24, 2.45) is 0 Å². The minimum absolute atomic E-state index is 0. The normalized spacial score (nSPS) is 13.8. The standard InChI is InChI=1S/C54H68N4O6.Fe/c1-10-39-36(7)44-29-50-54(51(60)22-14-21-35(6)20-13-19-34(5)18-12-17-33(4)16-11-15-32(2)3)38(9)45(57-50)28-49-42(31-59)41(24-26-53(63)64)48(58-49)30-47-40(23-25-52(61)62)37(8)43(56-47)27-46(39)55-44;/h15,17,19,21,27-31,51,60H,10-14,16,18,20,22-26H2,1-9H3,(H4,55,56,57,58,59,61,62,63,64);/q;+2/p-2/b33-17+,34-19+,35-21+,43-27?,44-29?,45-28?,46-27?,47-30?,48-30?,49-28?,50-29?;/t51-;/m0./s1. The molecule has 65 heavy (non-hydrogen) atoms. The second kappa shape index (κ2) is 24.3. The Hall–Kier alpha value is -5.35. The third-order valence-electron chi connectivity index (χ3n) is 12.4. The van der Waals surface area contributed by atoms with Gasteiger partial charge >= 0.3 is 29.0 Å². The van der Waals surface area contributed by atoms with Gasteiger partial charge in [-0.05, 0) is 148 Å². The Morgan fingerprint density at radius 2 is 1.12 bits per heavy atom. The van der Waals surface area contributed by atoms with E-state index in [0.29, 0.717) is 70.1 Å². The Kier molecular flexibility index (Phi) is 19.5. The van der Waals surface area contributed by atoms with Crippen molar-refractivity contribution >= 4 is 62.6 Å². The van der Waals surface area contributed by atoms with E-state index >= 15 is 0 Å². The van der Waals surface area contributed by atoms with E-state index in [1.807, 2.05) is 32.9 Å². The van der Waals surface area contributed by atoms with Crippen LogP contribution in [0.5, 0.6) is 0 Å². The number of aliphatic hydroxyl groups is 1. The second-order valence-corrected chi connectivity index (χ2v) is 17.6. The van der Waals surface area contributed by atoms with Crippen LogP contribution >= 0.6 is 0 Å².